The van der Waals surface area contributed by atoms with E-state index in [1.54, 1.807) is 0 Å². The average molecular weight is 316 g/mol. The number of benzene rings is 1. The zero-order valence-electron chi connectivity index (χ0n) is 9.12. The summed E-state index contributed by atoms with van der Waals surface area (Å²) >= 11 is 8.92. The summed E-state index contributed by atoms with van der Waals surface area (Å²) in [5, 5.41) is 3.92. The standard InChI is InChI=1S/C12H12BrClN2O/c13-10-2-1-3-11-9(10)4-6-16(11)7-5-15-12(17)8-14/h1-4,6H,5,7-8H2,(H,15,17). The lowest BCUT2D eigenvalue weighted by Gasteiger charge is -2.06. The number of carbonyl (C=O) groups is 1. The number of alkyl halides is 1. The van der Waals surface area contributed by atoms with Crippen LogP contribution in [0.5, 0.6) is 0 Å². The zero-order chi connectivity index (χ0) is 12.3. The Balaban J connectivity index is 2.09. The molecular formula is C12H12BrClN2O. The monoisotopic (exact) mass is 314 g/mol. The van der Waals surface area contributed by atoms with Gasteiger partial charge in [-0.1, -0.05) is 22.0 Å². The topological polar surface area (TPSA) is 34.0 Å². The first-order valence-electron chi connectivity index (χ1n) is 5.28. The Morgan fingerprint density at radius 3 is 3.00 bits per heavy atom. The minimum absolute atomic E-state index is 0.0119. The lowest BCUT2D eigenvalue weighted by atomic mass is 10.2. The molecule has 0 saturated heterocycles. The van der Waals surface area contributed by atoms with E-state index in [-0.39, 0.29) is 11.8 Å². The van der Waals surface area contributed by atoms with E-state index >= 15 is 0 Å². The van der Waals surface area contributed by atoms with Crippen molar-refractivity contribution in [3.8, 4) is 0 Å². The molecule has 0 aliphatic heterocycles. The highest BCUT2D eigenvalue weighted by Crippen LogP contribution is 2.24. The van der Waals surface area contributed by atoms with Crippen LogP contribution in [0.3, 0.4) is 0 Å². The lowest BCUT2D eigenvalue weighted by Crippen LogP contribution is -2.27. The van der Waals surface area contributed by atoms with Crippen LogP contribution in [0, 0.1) is 0 Å². The van der Waals surface area contributed by atoms with E-state index in [2.05, 4.69) is 37.9 Å². The molecule has 0 atom stereocenters. The van der Waals surface area contributed by atoms with Gasteiger partial charge in [-0.2, -0.15) is 0 Å². The van der Waals surface area contributed by atoms with Crippen molar-refractivity contribution in [1.82, 2.24) is 9.88 Å². The number of hydrogen-bond acceptors (Lipinski definition) is 1. The van der Waals surface area contributed by atoms with Crippen molar-refractivity contribution in [2.45, 2.75) is 6.54 Å². The van der Waals surface area contributed by atoms with Gasteiger partial charge in [0.05, 0.1) is 0 Å². The van der Waals surface area contributed by atoms with Gasteiger partial charge in [0, 0.05) is 34.7 Å². The van der Waals surface area contributed by atoms with E-state index in [1.165, 1.54) is 5.39 Å². The summed E-state index contributed by atoms with van der Waals surface area (Å²) < 4.78 is 3.19. The second-order valence-corrected chi connectivity index (χ2v) is 4.79. The molecule has 5 heteroatoms. The van der Waals surface area contributed by atoms with Crippen LogP contribution in [0.4, 0.5) is 0 Å². The molecule has 1 aromatic heterocycles. The Morgan fingerprint density at radius 1 is 1.41 bits per heavy atom. The smallest absolute Gasteiger partial charge is 0.234 e. The number of nitrogens with zero attached hydrogens (tertiary/aromatic N) is 1. The molecule has 2 aromatic rings. The van der Waals surface area contributed by atoms with Crippen LogP contribution in [0.2, 0.25) is 0 Å². The van der Waals surface area contributed by atoms with Crippen LogP contribution >= 0.6 is 27.5 Å². The van der Waals surface area contributed by atoms with Gasteiger partial charge in [0.25, 0.3) is 0 Å². The summed E-state index contributed by atoms with van der Waals surface area (Å²) in [4.78, 5) is 11.0. The molecule has 2 rings (SSSR count). The Morgan fingerprint density at radius 2 is 2.24 bits per heavy atom. The molecule has 1 amide bonds. The Bertz CT molecular complexity index is 538. The molecule has 0 spiro atoms. The molecule has 0 saturated carbocycles. The molecule has 0 bridgehead atoms. The molecule has 0 fully saturated rings. The Labute approximate surface area is 113 Å². The molecule has 0 aliphatic rings. The van der Waals surface area contributed by atoms with Crippen LogP contribution < -0.4 is 5.32 Å². The van der Waals surface area contributed by atoms with Gasteiger partial charge in [0.1, 0.15) is 5.88 Å². The predicted octanol–water partition coefficient (Wildman–Crippen LogP) is 2.76. The van der Waals surface area contributed by atoms with E-state index in [9.17, 15) is 4.79 Å². The highest BCUT2D eigenvalue weighted by Gasteiger charge is 2.03. The summed E-state index contributed by atoms with van der Waals surface area (Å²) in [5.41, 5.74) is 1.15. The van der Waals surface area contributed by atoms with Gasteiger partial charge >= 0.3 is 0 Å². The first-order chi connectivity index (χ1) is 8.22. The van der Waals surface area contributed by atoms with Crippen LogP contribution in [-0.2, 0) is 11.3 Å². The van der Waals surface area contributed by atoms with E-state index < -0.39 is 0 Å². The Kier molecular flexibility index (Phi) is 4.07. The zero-order valence-corrected chi connectivity index (χ0v) is 11.5. The maximum Gasteiger partial charge on any atom is 0.234 e. The molecule has 0 radical (unpaired) electrons. The van der Waals surface area contributed by atoms with E-state index in [4.69, 9.17) is 11.6 Å². The molecule has 90 valence electrons. The third-order valence-electron chi connectivity index (χ3n) is 2.56. The third kappa shape index (κ3) is 2.82. The fourth-order valence-corrected chi connectivity index (χ4v) is 2.33. The third-order valence-corrected chi connectivity index (χ3v) is 3.49. The molecule has 0 unspecified atom stereocenters. The molecule has 0 aliphatic carbocycles. The maximum absolute atomic E-state index is 11.0. The van der Waals surface area contributed by atoms with E-state index in [1.807, 2.05) is 18.3 Å². The number of halogens is 2. The van der Waals surface area contributed by atoms with Gasteiger partial charge in [0.2, 0.25) is 5.91 Å². The molecule has 1 aromatic carbocycles. The van der Waals surface area contributed by atoms with Crippen molar-refractivity contribution in [3.63, 3.8) is 0 Å². The quantitative estimate of drug-likeness (QED) is 0.865. The minimum Gasteiger partial charge on any atom is -0.353 e. The summed E-state index contributed by atoms with van der Waals surface area (Å²) in [6.07, 6.45) is 2.02. The number of fused-ring (bicyclic) bond motifs is 1. The number of rotatable bonds is 4. The van der Waals surface area contributed by atoms with Crippen LogP contribution in [0.15, 0.2) is 34.9 Å². The molecular weight excluding hydrogens is 304 g/mol. The molecule has 1 heterocycles. The van der Waals surface area contributed by atoms with Gasteiger partial charge in [-0.25, -0.2) is 0 Å². The molecule has 3 nitrogen and oxygen atoms in total. The van der Waals surface area contributed by atoms with Crippen molar-refractivity contribution in [2.75, 3.05) is 12.4 Å². The fraction of sp³-hybridized carbons (Fsp3) is 0.250. The van der Waals surface area contributed by atoms with Gasteiger partial charge < -0.3 is 9.88 Å². The van der Waals surface area contributed by atoms with Gasteiger partial charge in [-0.05, 0) is 18.2 Å². The summed E-state index contributed by atoms with van der Waals surface area (Å²) in [7, 11) is 0. The van der Waals surface area contributed by atoms with Crippen LogP contribution in [0.1, 0.15) is 0 Å². The van der Waals surface area contributed by atoms with Gasteiger partial charge in [-0.3, -0.25) is 4.79 Å². The van der Waals surface area contributed by atoms with Crippen molar-refractivity contribution in [1.29, 1.82) is 0 Å². The number of carbonyl (C=O) groups excluding carboxylic acids is 1. The highest BCUT2D eigenvalue weighted by atomic mass is 79.9. The highest BCUT2D eigenvalue weighted by molar-refractivity contribution is 9.10. The van der Waals surface area contributed by atoms with Gasteiger partial charge in [-0.15, -0.1) is 11.6 Å². The normalized spacial score (nSPS) is 10.7. The van der Waals surface area contributed by atoms with Crippen molar-refractivity contribution < 1.29 is 4.79 Å². The second-order valence-electron chi connectivity index (χ2n) is 3.67. The van der Waals surface area contributed by atoms with E-state index in [0.717, 1.165) is 16.5 Å². The number of hydrogen-bond donors (Lipinski definition) is 1. The number of nitrogens with one attached hydrogen (secondary N) is 1. The van der Waals surface area contributed by atoms with Crippen molar-refractivity contribution >= 4 is 44.3 Å². The predicted molar refractivity (Wildman–Crippen MR) is 73.4 cm³/mol. The van der Waals surface area contributed by atoms with Crippen LogP contribution in [0.25, 0.3) is 10.9 Å². The Hall–Kier alpha value is -1.00. The summed E-state index contributed by atoms with van der Waals surface area (Å²) in [6.45, 7) is 1.32. The lowest BCUT2D eigenvalue weighted by molar-refractivity contribution is -0.118. The van der Waals surface area contributed by atoms with Crippen LogP contribution in [-0.4, -0.2) is 22.9 Å². The van der Waals surface area contributed by atoms with Crippen molar-refractivity contribution in [2.24, 2.45) is 0 Å². The first-order valence-corrected chi connectivity index (χ1v) is 6.61. The maximum atomic E-state index is 11.0. The van der Waals surface area contributed by atoms with Crippen molar-refractivity contribution in [3.05, 3.63) is 34.9 Å². The largest absolute Gasteiger partial charge is 0.353 e. The second kappa shape index (κ2) is 5.56. The molecule has 1 N–H and O–H groups in total. The number of amides is 1. The van der Waals surface area contributed by atoms with E-state index in [0.29, 0.717) is 6.54 Å². The summed E-state index contributed by atoms with van der Waals surface area (Å²) in [5.74, 6) is -0.123. The average Bonchev–Trinajstić information content (AvgIpc) is 2.74. The summed E-state index contributed by atoms with van der Waals surface area (Å²) in [6, 6.07) is 8.13. The molecule has 17 heavy (non-hydrogen) atoms. The number of aromatic nitrogens is 1. The SMILES string of the molecule is O=C(CCl)NCCn1ccc2c(Br)cccc21. The fourth-order valence-electron chi connectivity index (χ4n) is 1.74. The van der Waals surface area contributed by atoms with Gasteiger partial charge in [0.15, 0.2) is 0 Å². The minimum atomic E-state index is -0.135. The first kappa shape index (κ1) is 12.5.